The fraction of sp³-hybridized carbons (Fsp3) is 0.400. The number of nitrogens with one attached hydrogen (secondary N) is 1. The maximum Gasteiger partial charge on any atom is 0.308 e. The summed E-state index contributed by atoms with van der Waals surface area (Å²) in [6, 6.07) is 7.00. The molecule has 1 aromatic carbocycles. The Morgan fingerprint density at radius 2 is 1.68 bits per heavy atom. The summed E-state index contributed by atoms with van der Waals surface area (Å²) >= 11 is 5.80. The molecule has 8 heteroatoms. The maximum absolute atomic E-state index is 12.3. The summed E-state index contributed by atoms with van der Waals surface area (Å²) in [7, 11) is 0. The molecule has 148 valence electrons. The van der Waals surface area contributed by atoms with Crippen molar-refractivity contribution in [3.8, 4) is 0 Å². The quantitative estimate of drug-likeness (QED) is 0.425. The van der Waals surface area contributed by atoms with E-state index in [1.165, 1.54) is 0 Å². The van der Waals surface area contributed by atoms with Crippen molar-refractivity contribution in [3.05, 3.63) is 47.0 Å². The summed E-state index contributed by atoms with van der Waals surface area (Å²) in [6.07, 6.45) is 4.81. The molecule has 2 atom stereocenters. The number of carbonyl (C=O) groups is 4. The molecular weight excluding hydrogens is 384 g/mol. The van der Waals surface area contributed by atoms with Crippen LogP contribution < -0.4 is 5.32 Å². The number of ether oxygens (including phenoxy) is 1. The van der Waals surface area contributed by atoms with Crippen LogP contribution in [0, 0.1) is 11.8 Å². The lowest BCUT2D eigenvalue weighted by Gasteiger charge is -2.14. The lowest BCUT2D eigenvalue weighted by atomic mass is 9.85. The SMILES string of the molecule is O=C(COC(=O)CCN1C(=O)[C@@H]2CC=CC[C@H]2C1=O)NCc1ccc(Cl)cc1. The fourth-order valence-corrected chi connectivity index (χ4v) is 3.49. The highest BCUT2D eigenvalue weighted by atomic mass is 35.5. The van der Waals surface area contributed by atoms with Crippen molar-refractivity contribution in [1.29, 1.82) is 0 Å². The van der Waals surface area contributed by atoms with Crippen LogP contribution in [-0.2, 0) is 30.5 Å². The topological polar surface area (TPSA) is 92.8 Å². The number of hydrogen-bond donors (Lipinski definition) is 1. The summed E-state index contributed by atoms with van der Waals surface area (Å²) in [5, 5.41) is 3.24. The van der Waals surface area contributed by atoms with Gasteiger partial charge in [0.2, 0.25) is 11.8 Å². The third-order valence-corrected chi connectivity index (χ3v) is 5.16. The molecule has 1 aliphatic carbocycles. The largest absolute Gasteiger partial charge is 0.456 e. The number of fused-ring (bicyclic) bond motifs is 1. The lowest BCUT2D eigenvalue weighted by Crippen LogP contribution is -2.34. The zero-order chi connectivity index (χ0) is 20.1. The van der Waals surface area contributed by atoms with Crippen molar-refractivity contribution in [2.75, 3.05) is 13.2 Å². The normalized spacial score (nSPS) is 20.8. The van der Waals surface area contributed by atoms with Crippen molar-refractivity contribution < 1.29 is 23.9 Å². The van der Waals surface area contributed by atoms with Crippen LogP contribution in [-0.4, -0.2) is 41.7 Å². The Morgan fingerprint density at radius 3 is 2.29 bits per heavy atom. The van der Waals surface area contributed by atoms with E-state index in [0.29, 0.717) is 24.4 Å². The van der Waals surface area contributed by atoms with Gasteiger partial charge in [0.1, 0.15) is 0 Å². The molecule has 1 saturated heterocycles. The van der Waals surface area contributed by atoms with Crippen molar-refractivity contribution in [2.45, 2.75) is 25.8 Å². The Labute approximate surface area is 167 Å². The summed E-state index contributed by atoms with van der Waals surface area (Å²) in [4.78, 5) is 49.4. The molecule has 1 aromatic rings. The molecule has 0 spiro atoms. The van der Waals surface area contributed by atoms with Crippen LogP contribution in [0.1, 0.15) is 24.8 Å². The van der Waals surface area contributed by atoms with Crippen molar-refractivity contribution in [2.24, 2.45) is 11.8 Å². The summed E-state index contributed by atoms with van der Waals surface area (Å²) in [5.41, 5.74) is 0.867. The van der Waals surface area contributed by atoms with Crippen LogP contribution in [0.15, 0.2) is 36.4 Å². The molecule has 1 N–H and O–H groups in total. The van der Waals surface area contributed by atoms with Crippen molar-refractivity contribution in [3.63, 3.8) is 0 Å². The molecule has 1 heterocycles. The van der Waals surface area contributed by atoms with Gasteiger partial charge in [0.25, 0.3) is 5.91 Å². The average molecular weight is 405 g/mol. The molecule has 1 aliphatic heterocycles. The minimum Gasteiger partial charge on any atom is -0.456 e. The van der Waals surface area contributed by atoms with Gasteiger partial charge in [-0.15, -0.1) is 0 Å². The number of rotatable bonds is 7. The number of allylic oxidation sites excluding steroid dienone is 2. The second-order valence-electron chi connectivity index (χ2n) is 6.80. The minimum atomic E-state index is -0.629. The van der Waals surface area contributed by atoms with Gasteiger partial charge in [-0.1, -0.05) is 35.9 Å². The maximum atomic E-state index is 12.3. The summed E-state index contributed by atoms with van der Waals surface area (Å²) < 4.78 is 4.93. The van der Waals surface area contributed by atoms with E-state index in [-0.39, 0.29) is 36.6 Å². The molecule has 7 nitrogen and oxygen atoms in total. The standard InChI is InChI=1S/C20H21ClN2O5/c21-14-7-5-13(6-8-14)11-22-17(24)12-28-18(25)9-10-23-19(26)15-3-1-2-4-16(15)20(23)27/h1-2,5-8,15-16H,3-4,9-12H2,(H,22,24)/t15-,16-/m1/s1. The highest BCUT2D eigenvalue weighted by molar-refractivity contribution is 6.30. The van der Waals surface area contributed by atoms with E-state index in [2.05, 4.69) is 5.32 Å². The molecule has 28 heavy (non-hydrogen) atoms. The number of likely N-dealkylation sites (tertiary alicyclic amines) is 1. The Balaban J connectivity index is 1.37. The van der Waals surface area contributed by atoms with Gasteiger partial charge in [-0.05, 0) is 30.5 Å². The smallest absolute Gasteiger partial charge is 0.308 e. The monoisotopic (exact) mass is 404 g/mol. The second kappa shape index (κ2) is 9.01. The van der Waals surface area contributed by atoms with E-state index in [1.807, 2.05) is 12.2 Å². The minimum absolute atomic E-state index is 0.0180. The number of esters is 1. The van der Waals surface area contributed by atoms with Crippen LogP contribution in [0.25, 0.3) is 0 Å². The summed E-state index contributed by atoms with van der Waals surface area (Å²) in [6.45, 7) is -0.138. The molecular formula is C20H21ClN2O5. The van der Waals surface area contributed by atoms with E-state index < -0.39 is 18.5 Å². The zero-order valence-corrected chi connectivity index (χ0v) is 16.0. The van der Waals surface area contributed by atoms with Crippen LogP contribution in [0.5, 0.6) is 0 Å². The Bertz CT molecular complexity index is 779. The highest BCUT2D eigenvalue weighted by Crippen LogP contribution is 2.34. The molecule has 2 aliphatic rings. The average Bonchev–Trinajstić information content (AvgIpc) is 2.95. The van der Waals surface area contributed by atoms with E-state index in [4.69, 9.17) is 16.3 Å². The molecule has 1 fully saturated rings. The highest BCUT2D eigenvalue weighted by Gasteiger charge is 2.46. The third-order valence-electron chi connectivity index (χ3n) is 4.91. The number of halogens is 1. The molecule has 0 unspecified atom stereocenters. The first-order valence-corrected chi connectivity index (χ1v) is 9.50. The first-order chi connectivity index (χ1) is 13.5. The number of hydrogen-bond acceptors (Lipinski definition) is 5. The van der Waals surface area contributed by atoms with E-state index in [0.717, 1.165) is 10.5 Å². The zero-order valence-electron chi connectivity index (χ0n) is 15.2. The second-order valence-corrected chi connectivity index (χ2v) is 7.23. The van der Waals surface area contributed by atoms with Gasteiger partial charge in [0, 0.05) is 18.1 Å². The number of amides is 3. The van der Waals surface area contributed by atoms with Gasteiger partial charge >= 0.3 is 5.97 Å². The van der Waals surface area contributed by atoms with Gasteiger partial charge < -0.3 is 10.1 Å². The number of imide groups is 1. The molecule has 0 saturated carbocycles. The van der Waals surface area contributed by atoms with Gasteiger partial charge in [-0.3, -0.25) is 24.1 Å². The molecule has 0 radical (unpaired) electrons. The number of nitrogens with zero attached hydrogens (tertiary/aromatic N) is 1. The number of carbonyl (C=O) groups excluding carboxylic acids is 4. The molecule has 0 bridgehead atoms. The Kier molecular flexibility index (Phi) is 6.46. The van der Waals surface area contributed by atoms with Gasteiger partial charge in [-0.25, -0.2) is 0 Å². The van der Waals surface area contributed by atoms with Gasteiger partial charge in [0.15, 0.2) is 6.61 Å². The van der Waals surface area contributed by atoms with E-state index >= 15 is 0 Å². The fourth-order valence-electron chi connectivity index (χ4n) is 3.36. The van der Waals surface area contributed by atoms with Gasteiger partial charge in [0.05, 0.1) is 18.3 Å². The third kappa shape index (κ3) is 4.78. The van der Waals surface area contributed by atoms with Crippen LogP contribution in [0.3, 0.4) is 0 Å². The van der Waals surface area contributed by atoms with Crippen LogP contribution >= 0.6 is 11.6 Å². The van der Waals surface area contributed by atoms with Crippen molar-refractivity contribution in [1.82, 2.24) is 10.2 Å². The lowest BCUT2D eigenvalue weighted by molar-refractivity contribution is -0.150. The Morgan fingerprint density at radius 1 is 1.07 bits per heavy atom. The molecule has 0 aromatic heterocycles. The van der Waals surface area contributed by atoms with Gasteiger partial charge in [-0.2, -0.15) is 0 Å². The molecule has 3 rings (SSSR count). The number of benzene rings is 1. The first-order valence-electron chi connectivity index (χ1n) is 9.12. The van der Waals surface area contributed by atoms with E-state index in [1.54, 1.807) is 24.3 Å². The van der Waals surface area contributed by atoms with Crippen LogP contribution in [0.2, 0.25) is 5.02 Å². The van der Waals surface area contributed by atoms with Crippen molar-refractivity contribution >= 4 is 35.3 Å². The van der Waals surface area contributed by atoms with E-state index in [9.17, 15) is 19.2 Å². The molecule has 3 amide bonds. The Hall–Kier alpha value is -2.67. The first kappa shape index (κ1) is 20.1. The predicted octanol–water partition coefficient (Wildman–Crippen LogP) is 1.84. The van der Waals surface area contributed by atoms with Crippen LogP contribution in [0.4, 0.5) is 0 Å². The predicted molar refractivity (Wildman–Crippen MR) is 101 cm³/mol. The summed E-state index contributed by atoms with van der Waals surface area (Å²) in [5.74, 6) is -2.15.